The molecule has 24 heavy (non-hydrogen) atoms. The lowest BCUT2D eigenvalue weighted by Gasteiger charge is -2.16. The third-order valence-corrected chi connectivity index (χ3v) is 6.18. The third-order valence-electron chi connectivity index (χ3n) is 4.02. The summed E-state index contributed by atoms with van der Waals surface area (Å²) in [4.78, 5) is 14.5. The highest BCUT2D eigenvalue weighted by molar-refractivity contribution is 8.00. The van der Waals surface area contributed by atoms with Crippen molar-refractivity contribution in [3.63, 3.8) is 0 Å². The van der Waals surface area contributed by atoms with E-state index in [2.05, 4.69) is 28.5 Å². The molecule has 3 rings (SSSR count). The van der Waals surface area contributed by atoms with Gasteiger partial charge >= 0.3 is 0 Å². The summed E-state index contributed by atoms with van der Waals surface area (Å²) in [7, 11) is 0. The van der Waals surface area contributed by atoms with Crippen molar-refractivity contribution in [3.8, 4) is 10.8 Å². The molecule has 7 heteroatoms. The number of hydrogen-bond acceptors (Lipinski definition) is 6. The van der Waals surface area contributed by atoms with Crippen LogP contribution in [0.5, 0.6) is 0 Å². The van der Waals surface area contributed by atoms with Crippen LogP contribution in [0.25, 0.3) is 10.8 Å². The van der Waals surface area contributed by atoms with Gasteiger partial charge in [-0.15, -0.1) is 21.5 Å². The number of carbonyl (C=O) groups is 1. The third kappa shape index (κ3) is 4.00. The van der Waals surface area contributed by atoms with E-state index < -0.39 is 0 Å². The molecule has 0 aliphatic heterocycles. The van der Waals surface area contributed by atoms with E-state index in [0.717, 1.165) is 23.6 Å². The Bertz CT molecular complexity index is 723. The van der Waals surface area contributed by atoms with Crippen LogP contribution < -0.4 is 5.32 Å². The number of amides is 1. The molecular formula is C17H23N3O2S2. The van der Waals surface area contributed by atoms with Gasteiger partial charge in [-0.1, -0.05) is 18.7 Å². The van der Waals surface area contributed by atoms with Crippen molar-refractivity contribution in [2.24, 2.45) is 5.92 Å². The second-order valence-electron chi connectivity index (χ2n) is 6.70. The first-order valence-electron chi connectivity index (χ1n) is 8.35. The maximum absolute atomic E-state index is 12.0. The number of nitrogens with one attached hydrogen (secondary N) is 1. The number of thiophene rings is 1. The summed E-state index contributed by atoms with van der Waals surface area (Å²) in [6, 6.07) is 2.31. The molecule has 1 aliphatic carbocycles. The van der Waals surface area contributed by atoms with Crippen molar-refractivity contribution in [2.75, 3.05) is 0 Å². The van der Waals surface area contributed by atoms with E-state index in [1.807, 2.05) is 20.8 Å². The van der Waals surface area contributed by atoms with Crippen LogP contribution in [0.3, 0.4) is 0 Å². The average molecular weight is 366 g/mol. The minimum atomic E-state index is -0.266. The molecule has 1 N–H and O–H groups in total. The lowest BCUT2D eigenvalue weighted by molar-refractivity contribution is -0.120. The maximum Gasteiger partial charge on any atom is 0.277 e. The normalized spacial score (nSPS) is 18.5. The molecule has 130 valence electrons. The van der Waals surface area contributed by atoms with Gasteiger partial charge in [-0.05, 0) is 57.6 Å². The minimum absolute atomic E-state index is 0.0182. The first-order chi connectivity index (χ1) is 11.4. The second-order valence-corrected chi connectivity index (χ2v) is 9.13. The Morgan fingerprint density at radius 2 is 2.21 bits per heavy atom. The molecule has 0 aromatic carbocycles. The molecule has 0 saturated carbocycles. The first kappa shape index (κ1) is 17.5. The zero-order valence-corrected chi connectivity index (χ0v) is 16.1. The summed E-state index contributed by atoms with van der Waals surface area (Å²) in [5.41, 5.74) is 1.42. The maximum atomic E-state index is 12.0. The summed E-state index contributed by atoms with van der Waals surface area (Å²) in [6.45, 7) is 8.03. The predicted octanol–water partition coefficient (Wildman–Crippen LogP) is 3.93. The van der Waals surface area contributed by atoms with Gasteiger partial charge in [0, 0.05) is 10.9 Å². The highest BCUT2D eigenvalue weighted by Crippen LogP contribution is 2.37. The van der Waals surface area contributed by atoms with E-state index in [9.17, 15) is 4.79 Å². The van der Waals surface area contributed by atoms with Crippen LogP contribution in [-0.2, 0) is 17.6 Å². The Morgan fingerprint density at radius 3 is 2.96 bits per heavy atom. The number of aromatic nitrogens is 2. The Morgan fingerprint density at radius 1 is 1.42 bits per heavy atom. The quantitative estimate of drug-likeness (QED) is 0.813. The van der Waals surface area contributed by atoms with Crippen LogP contribution in [0.2, 0.25) is 0 Å². The molecular weight excluding hydrogens is 342 g/mol. The van der Waals surface area contributed by atoms with Gasteiger partial charge < -0.3 is 9.73 Å². The van der Waals surface area contributed by atoms with Crippen LogP contribution in [0.1, 0.15) is 44.6 Å². The van der Waals surface area contributed by atoms with Crippen molar-refractivity contribution in [1.29, 1.82) is 0 Å². The molecule has 0 saturated heterocycles. The smallest absolute Gasteiger partial charge is 0.277 e. The van der Waals surface area contributed by atoms with E-state index in [0.29, 0.717) is 11.1 Å². The van der Waals surface area contributed by atoms with Gasteiger partial charge in [0.1, 0.15) is 0 Å². The average Bonchev–Trinajstić information content (AvgIpc) is 3.12. The van der Waals surface area contributed by atoms with Crippen LogP contribution >= 0.6 is 23.1 Å². The monoisotopic (exact) mass is 365 g/mol. The second kappa shape index (κ2) is 7.27. The van der Waals surface area contributed by atoms with E-state index in [1.54, 1.807) is 11.3 Å². The standard InChI is InChI=1S/C17H23N3O2S2/c1-9(2)18-15(21)11(4)23-17-20-19-16(22-17)14-8-12-7-10(3)5-6-13(12)24-14/h8-11H,5-7H2,1-4H3,(H,18,21)/t10-,11+/m1/s1. The van der Waals surface area contributed by atoms with Gasteiger partial charge in [-0.25, -0.2) is 0 Å². The number of carbonyl (C=O) groups excluding carboxylic acids is 1. The summed E-state index contributed by atoms with van der Waals surface area (Å²) in [6.07, 6.45) is 3.53. The first-order valence-corrected chi connectivity index (χ1v) is 10.0. The summed E-state index contributed by atoms with van der Waals surface area (Å²) < 4.78 is 5.77. The van der Waals surface area contributed by atoms with E-state index in [4.69, 9.17) is 4.42 Å². The molecule has 0 spiro atoms. The van der Waals surface area contributed by atoms with Crippen molar-refractivity contribution >= 4 is 29.0 Å². The van der Waals surface area contributed by atoms with E-state index in [-0.39, 0.29) is 17.2 Å². The lowest BCUT2D eigenvalue weighted by atomic mass is 9.90. The van der Waals surface area contributed by atoms with Crippen LogP contribution in [0, 0.1) is 5.92 Å². The van der Waals surface area contributed by atoms with Crippen molar-refractivity contribution in [1.82, 2.24) is 15.5 Å². The Kier molecular flexibility index (Phi) is 5.30. The minimum Gasteiger partial charge on any atom is -0.410 e. The molecule has 0 unspecified atom stereocenters. The Hall–Kier alpha value is -1.34. The molecule has 5 nitrogen and oxygen atoms in total. The Balaban J connectivity index is 1.69. The molecule has 2 atom stereocenters. The summed E-state index contributed by atoms with van der Waals surface area (Å²) in [5.74, 6) is 1.28. The number of fused-ring (bicyclic) bond motifs is 1. The number of thioether (sulfide) groups is 1. The lowest BCUT2D eigenvalue weighted by Crippen LogP contribution is -2.35. The highest BCUT2D eigenvalue weighted by atomic mass is 32.2. The fraction of sp³-hybridized carbons (Fsp3) is 0.588. The predicted molar refractivity (Wildman–Crippen MR) is 97.4 cm³/mol. The van der Waals surface area contributed by atoms with Crippen molar-refractivity contribution < 1.29 is 9.21 Å². The number of rotatable bonds is 5. The van der Waals surface area contributed by atoms with Gasteiger partial charge in [0.2, 0.25) is 5.91 Å². The highest BCUT2D eigenvalue weighted by Gasteiger charge is 2.22. The molecule has 0 fully saturated rings. The summed E-state index contributed by atoms with van der Waals surface area (Å²) in [5, 5.41) is 11.3. The number of nitrogens with zero attached hydrogens (tertiary/aromatic N) is 2. The molecule has 2 aromatic rings. The molecule has 2 aromatic heterocycles. The molecule has 0 bridgehead atoms. The van der Waals surface area contributed by atoms with Crippen LogP contribution in [0.4, 0.5) is 0 Å². The van der Waals surface area contributed by atoms with Gasteiger partial charge in [0.25, 0.3) is 11.1 Å². The van der Waals surface area contributed by atoms with Crippen molar-refractivity contribution in [2.45, 2.75) is 63.5 Å². The zero-order chi connectivity index (χ0) is 17.3. The molecule has 0 radical (unpaired) electrons. The van der Waals surface area contributed by atoms with E-state index in [1.165, 1.54) is 28.6 Å². The topological polar surface area (TPSA) is 68.0 Å². The number of hydrogen-bond donors (Lipinski definition) is 1. The molecule has 2 heterocycles. The van der Waals surface area contributed by atoms with Crippen LogP contribution in [0.15, 0.2) is 15.7 Å². The SMILES string of the molecule is CC(C)NC(=O)[C@H](C)Sc1nnc(-c2cc3c(s2)CC[C@@H](C)C3)o1. The summed E-state index contributed by atoms with van der Waals surface area (Å²) >= 11 is 3.05. The van der Waals surface area contributed by atoms with Crippen molar-refractivity contribution in [3.05, 3.63) is 16.5 Å². The van der Waals surface area contributed by atoms with Gasteiger partial charge in [0.05, 0.1) is 10.1 Å². The largest absolute Gasteiger partial charge is 0.410 e. The Labute approximate surface area is 150 Å². The van der Waals surface area contributed by atoms with E-state index >= 15 is 0 Å². The zero-order valence-electron chi connectivity index (χ0n) is 14.5. The molecule has 1 aliphatic rings. The van der Waals surface area contributed by atoms with Gasteiger partial charge in [0.15, 0.2) is 0 Å². The van der Waals surface area contributed by atoms with Gasteiger partial charge in [-0.3, -0.25) is 4.79 Å². The fourth-order valence-electron chi connectivity index (χ4n) is 2.77. The fourth-order valence-corrected chi connectivity index (χ4v) is 4.60. The van der Waals surface area contributed by atoms with Gasteiger partial charge in [-0.2, -0.15) is 0 Å². The number of aryl methyl sites for hydroxylation is 1. The molecule has 1 amide bonds. The van der Waals surface area contributed by atoms with Crippen LogP contribution in [-0.4, -0.2) is 27.4 Å².